The molecule has 1 aliphatic rings. The first kappa shape index (κ1) is 15.0. The SMILES string of the molecule is CC(N)C(c1ccc(Br)cc1)N1CCC(O)C(C)C1. The second-order valence-electron chi connectivity index (χ2n) is 5.68. The summed E-state index contributed by atoms with van der Waals surface area (Å²) in [6.45, 7) is 5.98. The van der Waals surface area contributed by atoms with Gasteiger partial charge in [0.2, 0.25) is 0 Å². The summed E-state index contributed by atoms with van der Waals surface area (Å²) in [4.78, 5) is 2.41. The second-order valence-corrected chi connectivity index (χ2v) is 6.60. The van der Waals surface area contributed by atoms with E-state index in [1.165, 1.54) is 5.56 Å². The number of hydrogen-bond acceptors (Lipinski definition) is 3. The van der Waals surface area contributed by atoms with Gasteiger partial charge in [0.15, 0.2) is 0 Å². The van der Waals surface area contributed by atoms with Gasteiger partial charge in [0.25, 0.3) is 0 Å². The molecule has 3 N–H and O–H groups in total. The number of hydrogen-bond donors (Lipinski definition) is 2. The van der Waals surface area contributed by atoms with Crippen molar-refractivity contribution in [3.63, 3.8) is 0 Å². The topological polar surface area (TPSA) is 49.5 Å². The second kappa shape index (κ2) is 6.35. The van der Waals surface area contributed by atoms with Gasteiger partial charge in [-0.2, -0.15) is 0 Å². The molecular formula is C15H23BrN2O. The first-order valence-electron chi connectivity index (χ1n) is 6.92. The summed E-state index contributed by atoms with van der Waals surface area (Å²) in [7, 11) is 0. The largest absolute Gasteiger partial charge is 0.393 e. The Bertz CT molecular complexity index is 407. The van der Waals surface area contributed by atoms with E-state index in [4.69, 9.17) is 5.73 Å². The standard InChI is InChI=1S/C15H23BrN2O/c1-10-9-18(8-7-14(10)19)15(11(2)17)12-3-5-13(16)6-4-12/h3-6,10-11,14-15,19H,7-9,17H2,1-2H3. The molecule has 2 rings (SSSR count). The molecule has 0 aromatic heterocycles. The Balaban J connectivity index is 2.18. The third-order valence-corrected chi connectivity index (χ3v) is 4.52. The van der Waals surface area contributed by atoms with Gasteiger partial charge in [0.05, 0.1) is 6.10 Å². The third-order valence-electron chi connectivity index (χ3n) is 3.99. The van der Waals surface area contributed by atoms with Gasteiger partial charge in [-0.05, 0) is 37.0 Å². The predicted molar refractivity (Wildman–Crippen MR) is 81.9 cm³/mol. The molecule has 0 amide bonds. The van der Waals surface area contributed by atoms with Crippen LogP contribution in [0.15, 0.2) is 28.7 Å². The van der Waals surface area contributed by atoms with Gasteiger partial charge in [0, 0.05) is 29.6 Å². The van der Waals surface area contributed by atoms with Crippen molar-refractivity contribution in [2.24, 2.45) is 11.7 Å². The molecule has 4 atom stereocenters. The highest BCUT2D eigenvalue weighted by molar-refractivity contribution is 9.10. The van der Waals surface area contributed by atoms with E-state index in [2.05, 4.69) is 58.9 Å². The van der Waals surface area contributed by atoms with Crippen molar-refractivity contribution in [1.82, 2.24) is 4.90 Å². The lowest BCUT2D eigenvalue weighted by Gasteiger charge is -2.41. The number of benzene rings is 1. The summed E-state index contributed by atoms with van der Waals surface area (Å²) in [5.41, 5.74) is 7.45. The number of likely N-dealkylation sites (tertiary alicyclic amines) is 1. The summed E-state index contributed by atoms with van der Waals surface area (Å²) in [5, 5.41) is 9.86. The first-order valence-corrected chi connectivity index (χ1v) is 7.71. The molecule has 1 aromatic carbocycles. The molecular weight excluding hydrogens is 304 g/mol. The fourth-order valence-corrected chi connectivity index (χ4v) is 3.19. The first-order chi connectivity index (χ1) is 8.99. The van der Waals surface area contributed by atoms with Crippen LogP contribution >= 0.6 is 15.9 Å². The zero-order valence-electron chi connectivity index (χ0n) is 11.6. The Kier molecular flexibility index (Phi) is 5.01. The van der Waals surface area contributed by atoms with Crippen LogP contribution in [0.25, 0.3) is 0 Å². The Morgan fingerprint density at radius 2 is 2.00 bits per heavy atom. The van der Waals surface area contributed by atoms with Crippen LogP contribution < -0.4 is 5.73 Å². The number of piperidine rings is 1. The Morgan fingerprint density at radius 1 is 1.37 bits per heavy atom. The van der Waals surface area contributed by atoms with Crippen LogP contribution in [0.3, 0.4) is 0 Å². The van der Waals surface area contributed by atoms with E-state index in [1.54, 1.807) is 0 Å². The van der Waals surface area contributed by atoms with Crippen molar-refractivity contribution in [1.29, 1.82) is 0 Å². The molecule has 1 saturated heterocycles. The summed E-state index contributed by atoms with van der Waals surface area (Å²) in [5.74, 6) is 0.311. The maximum Gasteiger partial charge on any atom is 0.0590 e. The van der Waals surface area contributed by atoms with Crippen molar-refractivity contribution in [3.05, 3.63) is 34.3 Å². The van der Waals surface area contributed by atoms with Gasteiger partial charge >= 0.3 is 0 Å². The van der Waals surface area contributed by atoms with E-state index >= 15 is 0 Å². The number of nitrogens with two attached hydrogens (primary N) is 1. The minimum Gasteiger partial charge on any atom is -0.393 e. The van der Waals surface area contributed by atoms with Gasteiger partial charge in [-0.15, -0.1) is 0 Å². The highest BCUT2D eigenvalue weighted by Crippen LogP contribution is 2.29. The average Bonchev–Trinajstić information content (AvgIpc) is 2.36. The van der Waals surface area contributed by atoms with Crippen molar-refractivity contribution >= 4 is 15.9 Å². The van der Waals surface area contributed by atoms with Gasteiger partial charge in [-0.25, -0.2) is 0 Å². The van der Waals surface area contributed by atoms with Gasteiger partial charge in [-0.1, -0.05) is 35.0 Å². The smallest absolute Gasteiger partial charge is 0.0590 e. The van der Waals surface area contributed by atoms with Crippen LogP contribution in [0.2, 0.25) is 0 Å². The van der Waals surface area contributed by atoms with E-state index in [-0.39, 0.29) is 18.2 Å². The predicted octanol–water partition coefficient (Wildman–Crippen LogP) is 2.54. The Morgan fingerprint density at radius 3 is 2.53 bits per heavy atom. The molecule has 19 heavy (non-hydrogen) atoms. The average molecular weight is 327 g/mol. The maximum absolute atomic E-state index is 9.86. The van der Waals surface area contributed by atoms with Crippen molar-refractivity contribution in [2.75, 3.05) is 13.1 Å². The van der Waals surface area contributed by atoms with Crippen LogP contribution in [0.5, 0.6) is 0 Å². The zero-order valence-corrected chi connectivity index (χ0v) is 13.2. The van der Waals surface area contributed by atoms with E-state index < -0.39 is 0 Å². The lowest BCUT2D eigenvalue weighted by atomic mass is 9.91. The van der Waals surface area contributed by atoms with Crippen LogP contribution in [0, 0.1) is 5.92 Å². The zero-order chi connectivity index (χ0) is 14.0. The number of nitrogens with zero attached hydrogens (tertiary/aromatic N) is 1. The van der Waals surface area contributed by atoms with E-state index in [9.17, 15) is 5.11 Å². The van der Waals surface area contributed by atoms with Crippen LogP contribution in [0.1, 0.15) is 31.9 Å². The minimum atomic E-state index is -0.171. The molecule has 0 aliphatic carbocycles. The number of aliphatic hydroxyl groups excluding tert-OH is 1. The highest BCUT2D eigenvalue weighted by atomic mass is 79.9. The molecule has 1 aliphatic heterocycles. The molecule has 1 heterocycles. The fourth-order valence-electron chi connectivity index (χ4n) is 2.92. The molecule has 1 fully saturated rings. The lowest BCUT2D eigenvalue weighted by molar-refractivity contribution is 0.0126. The van der Waals surface area contributed by atoms with Crippen LogP contribution in [-0.2, 0) is 0 Å². The Labute approximate surface area is 123 Å². The Hall–Kier alpha value is -0.420. The number of halogens is 1. The normalized spacial score (nSPS) is 28.1. The summed E-state index contributed by atoms with van der Waals surface area (Å²) >= 11 is 3.47. The highest BCUT2D eigenvalue weighted by Gasteiger charge is 2.31. The van der Waals surface area contributed by atoms with Crippen molar-refractivity contribution in [3.8, 4) is 0 Å². The summed E-state index contributed by atoms with van der Waals surface area (Å²) in [6, 6.07) is 8.69. The third kappa shape index (κ3) is 3.57. The fraction of sp³-hybridized carbons (Fsp3) is 0.600. The van der Waals surface area contributed by atoms with Gasteiger partial charge in [0.1, 0.15) is 0 Å². The number of aliphatic hydroxyl groups is 1. The summed E-state index contributed by atoms with van der Waals surface area (Å²) < 4.78 is 1.09. The van der Waals surface area contributed by atoms with E-state index in [1.807, 2.05) is 0 Å². The molecule has 0 bridgehead atoms. The molecule has 0 radical (unpaired) electrons. The minimum absolute atomic E-state index is 0.0728. The molecule has 106 valence electrons. The molecule has 3 nitrogen and oxygen atoms in total. The van der Waals surface area contributed by atoms with Crippen LogP contribution in [0.4, 0.5) is 0 Å². The van der Waals surface area contributed by atoms with E-state index in [0.717, 1.165) is 24.0 Å². The monoisotopic (exact) mass is 326 g/mol. The summed E-state index contributed by atoms with van der Waals surface area (Å²) in [6.07, 6.45) is 0.663. The molecule has 4 heteroatoms. The van der Waals surface area contributed by atoms with Gasteiger partial charge < -0.3 is 10.8 Å². The molecule has 0 spiro atoms. The molecule has 4 unspecified atom stereocenters. The molecule has 1 aromatic rings. The molecule has 0 saturated carbocycles. The maximum atomic E-state index is 9.86. The van der Waals surface area contributed by atoms with Crippen LogP contribution in [-0.4, -0.2) is 35.2 Å². The van der Waals surface area contributed by atoms with E-state index in [0.29, 0.717) is 5.92 Å². The van der Waals surface area contributed by atoms with Crippen molar-refractivity contribution in [2.45, 2.75) is 38.5 Å². The van der Waals surface area contributed by atoms with Crippen molar-refractivity contribution < 1.29 is 5.11 Å². The number of rotatable bonds is 3. The van der Waals surface area contributed by atoms with Gasteiger partial charge in [-0.3, -0.25) is 4.90 Å². The quantitative estimate of drug-likeness (QED) is 0.897. The lowest BCUT2D eigenvalue weighted by Crippen LogP contribution is -2.48.